The number of rotatable bonds is 4. The fraction of sp³-hybridized carbons (Fsp3) is 0.455. The summed E-state index contributed by atoms with van der Waals surface area (Å²) in [5.74, 6) is -0.00470. The van der Waals surface area contributed by atoms with Gasteiger partial charge >= 0.3 is 0 Å². The lowest BCUT2D eigenvalue weighted by Crippen LogP contribution is -2.19. The molecule has 0 aliphatic carbocycles. The van der Waals surface area contributed by atoms with Crippen LogP contribution in [-0.4, -0.2) is 13.7 Å². The van der Waals surface area contributed by atoms with Gasteiger partial charge in [-0.3, -0.25) is 0 Å². The summed E-state index contributed by atoms with van der Waals surface area (Å²) in [6.07, 6.45) is 0.618. The van der Waals surface area contributed by atoms with E-state index >= 15 is 0 Å². The molecule has 0 saturated heterocycles. The molecule has 1 aromatic carbocycles. The lowest BCUT2D eigenvalue weighted by atomic mass is 10.2. The van der Waals surface area contributed by atoms with Crippen molar-refractivity contribution >= 4 is 31.5 Å². The third-order valence-corrected chi connectivity index (χ3v) is 5.68. The van der Waals surface area contributed by atoms with E-state index in [1.54, 1.807) is 25.1 Å². The van der Waals surface area contributed by atoms with Crippen molar-refractivity contribution in [3.63, 3.8) is 0 Å². The van der Waals surface area contributed by atoms with Crippen molar-refractivity contribution in [3.8, 4) is 0 Å². The summed E-state index contributed by atoms with van der Waals surface area (Å²) in [5.41, 5.74) is 6.95. The first-order chi connectivity index (χ1) is 7.38. The van der Waals surface area contributed by atoms with Gasteiger partial charge in [-0.15, -0.1) is 0 Å². The number of hydrogen-bond donors (Lipinski definition) is 1. The van der Waals surface area contributed by atoms with Gasteiger partial charge in [0, 0.05) is 15.7 Å². The van der Waals surface area contributed by atoms with Crippen LogP contribution in [0.1, 0.15) is 25.8 Å². The number of nitrogens with two attached hydrogens (primary N) is 1. The average Bonchev–Trinajstić information content (AvgIpc) is 2.22. The van der Waals surface area contributed by atoms with Gasteiger partial charge < -0.3 is 5.73 Å². The fourth-order valence-electron chi connectivity index (χ4n) is 1.32. The molecule has 0 heterocycles. The summed E-state index contributed by atoms with van der Waals surface area (Å²) < 4.78 is 24.7. The highest BCUT2D eigenvalue weighted by atomic mass is 79.9. The molecule has 0 bridgehead atoms. The van der Waals surface area contributed by atoms with E-state index < -0.39 is 9.84 Å². The Kier molecular flexibility index (Phi) is 4.38. The summed E-state index contributed by atoms with van der Waals surface area (Å²) in [6.45, 7) is 3.59. The number of benzene rings is 1. The maximum atomic E-state index is 12.0. The molecule has 1 aromatic rings. The molecule has 0 aliphatic heterocycles. The summed E-state index contributed by atoms with van der Waals surface area (Å²) in [5, 5.41) is -0.334. The van der Waals surface area contributed by atoms with Crippen LogP contribution < -0.4 is 5.73 Å². The Morgan fingerprint density at radius 2 is 2.06 bits per heavy atom. The minimum atomic E-state index is -3.12. The Bertz CT molecular complexity index is 451. The molecule has 0 radical (unpaired) electrons. The van der Waals surface area contributed by atoms with E-state index in [0.717, 1.165) is 4.47 Å². The predicted molar refractivity (Wildman–Crippen MR) is 70.9 cm³/mol. The van der Waals surface area contributed by atoms with Crippen LogP contribution in [0.4, 0.5) is 5.69 Å². The lowest BCUT2D eigenvalue weighted by Gasteiger charge is -2.13. The van der Waals surface area contributed by atoms with Crippen molar-refractivity contribution in [2.75, 3.05) is 5.73 Å². The molecule has 0 spiro atoms. The number of sulfone groups is 1. The molecular formula is C11H16BrNO2S. The second-order valence-corrected chi connectivity index (χ2v) is 7.11. The molecule has 1 rings (SSSR count). The zero-order valence-electron chi connectivity index (χ0n) is 9.40. The van der Waals surface area contributed by atoms with Crippen LogP contribution in [0.5, 0.6) is 0 Å². The van der Waals surface area contributed by atoms with Crippen LogP contribution in [0, 0.1) is 0 Å². The fourth-order valence-corrected chi connectivity index (χ4v) is 3.55. The summed E-state index contributed by atoms with van der Waals surface area (Å²) in [4.78, 5) is 0. The Morgan fingerprint density at radius 3 is 2.56 bits per heavy atom. The van der Waals surface area contributed by atoms with Crippen molar-refractivity contribution in [1.29, 1.82) is 0 Å². The highest BCUT2D eigenvalue weighted by Crippen LogP contribution is 2.26. The maximum Gasteiger partial charge on any atom is 0.157 e. The Morgan fingerprint density at radius 1 is 1.44 bits per heavy atom. The van der Waals surface area contributed by atoms with Gasteiger partial charge in [-0.25, -0.2) is 8.42 Å². The van der Waals surface area contributed by atoms with Crippen LogP contribution in [0.2, 0.25) is 0 Å². The van der Waals surface area contributed by atoms with Crippen molar-refractivity contribution in [2.24, 2.45) is 0 Å². The zero-order chi connectivity index (χ0) is 12.3. The molecule has 0 aliphatic rings. The molecule has 0 saturated carbocycles. The van der Waals surface area contributed by atoms with E-state index in [0.29, 0.717) is 17.7 Å². The molecule has 1 atom stereocenters. The average molecular weight is 306 g/mol. The number of halogens is 1. The summed E-state index contributed by atoms with van der Waals surface area (Å²) >= 11 is 3.33. The van der Waals surface area contributed by atoms with Crippen molar-refractivity contribution in [3.05, 3.63) is 28.2 Å². The smallest absolute Gasteiger partial charge is 0.157 e. The monoisotopic (exact) mass is 305 g/mol. The van der Waals surface area contributed by atoms with Crippen LogP contribution in [0.3, 0.4) is 0 Å². The van der Waals surface area contributed by atoms with Crippen LogP contribution in [0.25, 0.3) is 0 Å². The Balaban J connectivity index is 3.06. The topological polar surface area (TPSA) is 60.2 Å². The first kappa shape index (κ1) is 13.5. The second kappa shape index (κ2) is 5.19. The van der Waals surface area contributed by atoms with Gasteiger partial charge in [0.1, 0.15) is 0 Å². The van der Waals surface area contributed by atoms with Gasteiger partial charge in [0.05, 0.1) is 11.0 Å². The van der Waals surface area contributed by atoms with Crippen molar-refractivity contribution < 1.29 is 8.42 Å². The maximum absolute atomic E-state index is 12.0. The quantitative estimate of drug-likeness (QED) is 0.870. The molecule has 0 fully saturated rings. The minimum absolute atomic E-state index is 0.00470. The van der Waals surface area contributed by atoms with Gasteiger partial charge in [0.25, 0.3) is 0 Å². The first-order valence-electron chi connectivity index (χ1n) is 5.13. The van der Waals surface area contributed by atoms with E-state index in [1.165, 1.54) is 0 Å². The molecule has 1 unspecified atom stereocenters. The first-order valence-corrected chi connectivity index (χ1v) is 7.63. The highest BCUT2D eigenvalue weighted by Gasteiger charge is 2.21. The Labute approximate surface area is 105 Å². The van der Waals surface area contributed by atoms with E-state index in [1.807, 2.05) is 6.92 Å². The summed E-state index contributed by atoms with van der Waals surface area (Å²) in [6, 6.07) is 5.31. The third-order valence-electron chi connectivity index (χ3n) is 2.69. The molecule has 90 valence electrons. The Hall–Kier alpha value is -0.550. The van der Waals surface area contributed by atoms with Gasteiger partial charge in [-0.1, -0.05) is 28.9 Å². The molecule has 3 nitrogen and oxygen atoms in total. The van der Waals surface area contributed by atoms with E-state index in [4.69, 9.17) is 5.73 Å². The molecular weight excluding hydrogens is 290 g/mol. The van der Waals surface area contributed by atoms with Gasteiger partial charge in [0.2, 0.25) is 0 Å². The standard InChI is InChI=1S/C11H16BrNO2S/c1-3-8(2)16(14,15)7-9-10(12)5-4-6-11(9)13/h4-6,8H,3,7,13H2,1-2H3. The van der Waals surface area contributed by atoms with E-state index in [9.17, 15) is 8.42 Å². The number of hydrogen-bond acceptors (Lipinski definition) is 3. The largest absolute Gasteiger partial charge is 0.398 e. The highest BCUT2D eigenvalue weighted by molar-refractivity contribution is 9.10. The van der Waals surface area contributed by atoms with Crippen molar-refractivity contribution in [2.45, 2.75) is 31.3 Å². The third kappa shape index (κ3) is 2.98. The summed E-state index contributed by atoms with van der Waals surface area (Å²) in [7, 11) is -3.12. The van der Waals surface area contributed by atoms with Gasteiger partial charge in [0.15, 0.2) is 9.84 Å². The second-order valence-electron chi connectivity index (χ2n) is 3.83. The van der Waals surface area contributed by atoms with Gasteiger partial charge in [-0.05, 0) is 25.5 Å². The minimum Gasteiger partial charge on any atom is -0.398 e. The van der Waals surface area contributed by atoms with E-state index in [2.05, 4.69) is 15.9 Å². The normalized spacial score (nSPS) is 13.7. The lowest BCUT2D eigenvalue weighted by molar-refractivity contribution is 0.580. The van der Waals surface area contributed by atoms with Crippen LogP contribution in [0.15, 0.2) is 22.7 Å². The van der Waals surface area contributed by atoms with Crippen LogP contribution >= 0.6 is 15.9 Å². The molecule has 2 N–H and O–H groups in total. The predicted octanol–water partition coefficient (Wildman–Crippen LogP) is 2.74. The van der Waals surface area contributed by atoms with Crippen molar-refractivity contribution in [1.82, 2.24) is 0 Å². The van der Waals surface area contributed by atoms with Crippen LogP contribution in [-0.2, 0) is 15.6 Å². The molecule has 0 aromatic heterocycles. The zero-order valence-corrected chi connectivity index (χ0v) is 11.8. The van der Waals surface area contributed by atoms with Gasteiger partial charge in [-0.2, -0.15) is 0 Å². The molecule has 5 heteroatoms. The molecule has 0 amide bonds. The van der Waals surface area contributed by atoms with E-state index in [-0.39, 0.29) is 11.0 Å². The number of nitrogen functional groups attached to an aromatic ring is 1. The molecule has 16 heavy (non-hydrogen) atoms. The SMILES string of the molecule is CCC(C)S(=O)(=O)Cc1c(N)cccc1Br. The number of anilines is 1.